The van der Waals surface area contributed by atoms with Gasteiger partial charge in [0.2, 0.25) is 0 Å². The van der Waals surface area contributed by atoms with E-state index in [0.29, 0.717) is 22.7 Å². The van der Waals surface area contributed by atoms with E-state index in [4.69, 9.17) is 21.1 Å². The fraction of sp³-hybridized carbons (Fsp3) is 0.200. The van der Waals surface area contributed by atoms with Crippen molar-refractivity contribution in [2.75, 3.05) is 7.11 Å². The van der Waals surface area contributed by atoms with Gasteiger partial charge in [-0.3, -0.25) is 14.8 Å². The van der Waals surface area contributed by atoms with Crippen LogP contribution in [0.2, 0.25) is 5.02 Å². The van der Waals surface area contributed by atoms with Gasteiger partial charge in [-0.2, -0.15) is 0 Å². The number of hydrogen-bond donors (Lipinski definition) is 0. The molecule has 0 aliphatic rings. The van der Waals surface area contributed by atoms with Gasteiger partial charge in [0.05, 0.1) is 23.2 Å². The number of hydrogen-bond acceptors (Lipinski definition) is 6. The number of carbonyl (C=O) groups is 2. The number of esters is 2. The monoisotopic (exact) mass is 384 g/mol. The lowest BCUT2D eigenvalue weighted by Crippen LogP contribution is -2.04. The van der Waals surface area contributed by atoms with Crippen molar-refractivity contribution < 1.29 is 19.1 Å². The van der Waals surface area contributed by atoms with Crippen LogP contribution in [0.1, 0.15) is 34.1 Å². The van der Waals surface area contributed by atoms with Crippen LogP contribution in [-0.4, -0.2) is 29.0 Å². The third-order valence-corrected chi connectivity index (χ3v) is 4.15. The molecule has 0 spiro atoms. The molecule has 0 atom stereocenters. The summed E-state index contributed by atoms with van der Waals surface area (Å²) < 4.78 is 9.90. The van der Waals surface area contributed by atoms with Crippen LogP contribution in [-0.2, 0) is 27.3 Å². The molecule has 7 heteroatoms. The second-order valence-electron chi connectivity index (χ2n) is 5.96. The van der Waals surface area contributed by atoms with Crippen LogP contribution in [0.3, 0.4) is 0 Å². The van der Waals surface area contributed by atoms with Crippen LogP contribution < -0.4 is 0 Å². The molecule has 0 unspecified atom stereocenters. The van der Waals surface area contributed by atoms with Crippen molar-refractivity contribution in [2.24, 2.45) is 0 Å². The zero-order chi connectivity index (χ0) is 19.4. The minimum atomic E-state index is -0.413. The van der Waals surface area contributed by atoms with Gasteiger partial charge in [0.1, 0.15) is 6.61 Å². The van der Waals surface area contributed by atoms with Crippen LogP contribution in [0.15, 0.2) is 42.7 Å². The van der Waals surface area contributed by atoms with Crippen LogP contribution in [0.25, 0.3) is 10.9 Å². The predicted octanol–water partition coefficient (Wildman–Crippen LogP) is 3.72. The Kier molecular flexibility index (Phi) is 5.66. The maximum Gasteiger partial charge on any atom is 0.337 e. The average molecular weight is 385 g/mol. The quantitative estimate of drug-likeness (QED) is 0.624. The minimum Gasteiger partial charge on any atom is -0.465 e. The van der Waals surface area contributed by atoms with Crippen molar-refractivity contribution in [3.8, 4) is 0 Å². The maximum absolute atomic E-state index is 11.7. The predicted molar refractivity (Wildman–Crippen MR) is 101 cm³/mol. The molecule has 138 valence electrons. The van der Waals surface area contributed by atoms with Crippen molar-refractivity contribution in [3.05, 3.63) is 70.1 Å². The Bertz CT molecular complexity index is 1020. The van der Waals surface area contributed by atoms with Crippen LogP contribution >= 0.6 is 11.6 Å². The fourth-order valence-electron chi connectivity index (χ4n) is 2.79. The van der Waals surface area contributed by atoms with Gasteiger partial charge >= 0.3 is 11.9 Å². The fourth-order valence-corrected chi connectivity index (χ4v) is 2.95. The van der Waals surface area contributed by atoms with Gasteiger partial charge in [-0.15, -0.1) is 0 Å². The Morgan fingerprint density at radius 3 is 2.70 bits per heavy atom. The van der Waals surface area contributed by atoms with Gasteiger partial charge in [-0.1, -0.05) is 11.6 Å². The number of fused-ring (bicyclic) bond motifs is 1. The molecule has 6 nitrogen and oxygen atoms in total. The first kappa shape index (κ1) is 18.8. The summed E-state index contributed by atoms with van der Waals surface area (Å²) in [6, 6.07) is 8.98. The number of aromatic nitrogens is 2. The summed E-state index contributed by atoms with van der Waals surface area (Å²) in [5, 5.41) is 1.36. The molecule has 0 bridgehead atoms. The van der Waals surface area contributed by atoms with E-state index in [9.17, 15) is 9.59 Å². The topological polar surface area (TPSA) is 78.4 Å². The molecule has 0 amide bonds. The summed E-state index contributed by atoms with van der Waals surface area (Å²) in [6.45, 7) is 1.47. The summed E-state index contributed by atoms with van der Waals surface area (Å²) in [5.74, 6) is -0.779. The van der Waals surface area contributed by atoms with E-state index < -0.39 is 5.97 Å². The minimum absolute atomic E-state index is 0.115. The smallest absolute Gasteiger partial charge is 0.337 e. The van der Waals surface area contributed by atoms with Gasteiger partial charge in [-0.05, 0) is 35.9 Å². The number of methoxy groups -OCH3 is 1. The van der Waals surface area contributed by atoms with Crippen molar-refractivity contribution in [1.82, 2.24) is 9.97 Å². The average Bonchev–Trinajstić information content (AvgIpc) is 2.65. The van der Waals surface area contributed by atoms with E-state index in [1.165, 1.54) is 14.0 Å². The van der Waals surface area contributed by atoms with Crippen LogP contribution in [0.4, 0.5) is 0 Å². The number of rotatable bonds is 5. The molecule has 2 heterocycles. The Labute approximate surface area is 161 Å². The number of carbonyl (C=O) groups excluding carboxylic acids is 2. The van der Waals surface area contributed by atoms with E-state index in [1.807, 2.05) is 18.2 Å². The molecule has 0 saturated carbocycles. The zero-order valence-corrected chi connectivity index (χ0v) is 15.6. The molecule has 0 fully saturated rings. The van der Waals surface area contributed by atoms with Gasteiger partial charge in [-0.25, -0.2) is 4.79 Å². The number of halogens is 1. The highest BCUT2D eigenvalue weighted by molar-refractivity contribution is 6.31. The molecule has 0 radical (unpaired) electrons. The first-order valence-corrected chi connectivity index (χ1v) is 8.57. The van der Waals surface area contributed by atoms with Gasteiger partial charge in [0, 0.05) is 42.4 Å². The van der Waals surface area contributed by atoms with E-state index in [0.717, 1.165) is 22.0 Å². The van der Waals surface area contributed by atoms with Crippen molar-refractivity contribution in [1.29, 1.82) is 0 Å². The first-order valence-electron chi connectivity index (χ1n) is 8.20. The first-order chi connectivity index (χ1) is 13.0. The highest BCUT2D eigenvalue weighted by Crippen LogP contribution is 2.24. The van der Waals surface area contributed by atoms with E-state index in [1.54, 1.807) is 24.5 Å². The number of ether oxygens (including phenoxy) is 2. The molecule has 0 saturated heterocycles. The standard InChI is InChI=1S/C20H17ClN2O4/c1-12(24)27-11-16-6-13(5-15-8-17(21)10-23-19(15)16)7-18-9-14(3-4-22-18)20(25)26-2/h3-6,8-10H,7,11H2,1-2H3. The lowest BCUT2D eigenvalue weighted by atomic mass is 10.0. The lowest BCUT2D eigenvalue weighted by molar-refractivity contribution is -0.142. The van der Waals surface area contributed by atoms with E-state index in [-0.39, 0.29) is 12.6 Å². The molecule has 3 rings (SSSR count). The van der Waals surface area contributed by atoms with Crippen molar-refractivity contribution in [2.45, 2.75) is 20.0 Å². The summed E-state index contributed by atoms with van der Waals surface area (Å²) in [5.41, 5.74) is 3.58. The van der Waals surface area contributed by atoms with Gasteiger partial charge in [0.15, 0.2) is 0 Å². The Balaban J connectivity index is 1.98. The van der Waals surface area contributed by atoms with Crippen molar-refractivity contribution >= 4 is 34.4 Å². The molecule has 3 aromatic rings. The number of pyridine rings is 2. The third kappa shape index (κ3) is 4.60. The molecule has 27 heavy (non-hydrogen) atoms. The molecular formula is C20H17ClN2O4. The van der Waals surface area contributed by atoms with Crippen LogP contribution in [0.5, 0.6) is 0 Å². The summed E-state index contributed by atoms with van der Waals surface area (Å²) >= 11 is 6.07. The van der Waals surface area contributed by atoms with E-state index in [2.05, 4.69) is 9.97 Å². The van der Waals surface area contributed by atoms with Gasteiger partial charge in [0.25, 0.3) is 0 Å². The summed E-state index contributed by atoms with van der Waals surface area (Å²) in [4.78, 5) is 31.6. The maximum atomic E-state index is 11.7. The summed E-state index contributed by atoms with van der Waals surface area (Å²) in [7, 11) is 1.34. The second kappa shape index (κ2) is 8.14. The zero-order valence-electron chi connectivity index (χ0n) is 14.9. The SMILES string of the molecule is COC(=O)c1ccnc(Cc2cc(COC(C)=O)c3ncc(Cl)cc3c2)c1. The highest BCUT2D eigenvalue weighted by Gasteiger charge is 2.11. The largest absolute Gasteiger partial charge is 0.465 e. The molecule has 2 aromatic heterocycles. The van der Waals surface area contributed by atoms with Crippen LogP contribution in [0, 0.1) is 0 Å². The molecule has 0 aliphatic carbocycles. The number of nitrogens with zero attached hydrogens (tertiary/aromatic N) is 2. The Morgan fingerprint density at radius 2 is 1.96 bits per heavy atom. The molecule has 0 N–H and O–H groups in total. The Morgan fingerprint density at radius 1 is 1.15 bits per heavy atom. The van der Waals surface area contributed by atoms with E-state index >= 15 is 0 Å². The number of benzene rings is 1. The molecular weight excluding hydrogens is 368 g/mol. The summed E-state index contributed by atoms with van der Waals surface area (Å²) in [6.07, 6.45) is 3.61. The second-order valence-corrected chi connectivity index (χ2v) is 6.40. The highest BCUT2D eigenvalue weighted by atomic mass is 35.5. The molecule has 0 aliphatic heterocycles. The third-order valence-electron chi connectivity index (χ3n) is 3.94. The van der Waals surface area contributed by atoms with Gasteiger partial charge < -0.3 is 9.47 Å². The van der Waals surface area contributed by atoms with Crippen molar-refractivity contribution in [3.63, 3.8) is 0 Å². The molecule has 1 aromatic carbocycles. The normalized spacial score (nSPS) is 10.6. The Hall–Kier alpha value is -2.99. The lowest BCUT2D eigenvalue weighted by Gasteiger charge is -2.10.